The second-order valence-corrected chi connectivity index (χ2v) is 5.04. The van der Waals surface area contributed by atoms with E-state index < -0.39 is 28.7 Å². The Hall–Kier alpha value is -2.22. The van der Waals surface area contributed by atoms with Crippen LogP contribution in [0.3, 0.4) is 0 Å². The van der Waals surface area contributed by atoms with Crippen LogP contribution in [0, 0.1) is 10.1 Å². The number of benzene rings is 1. The third-order valence-corrected chi connectivity index (χ3v) is 2.92. The molecule has 7 nitrogen and oxygen atoms in total. The maximum absolute atomic E-state index is 11.8. The highest BCUT2D eigenvalue weighted by Gasteiger charge is 2.36. The molecule has 1 rings (SSSR count). The summed E-state index contributed by atoms with van der Waals surface area (Å²) in [6, 6.07) is 6.67. The van der Waals surface area contributed by atoms with Crippen molar-refractivity contribution in [1.82, 2.24) is 0 Å². The monoisotopic (exact) mass is 371 g/mol. The summed E-state index contributed by atoms with van der Waals surface area (Å²) >= 11 is 3.24. The van der Waals surface area contributed by atoms with Crippen molar-refractivity contribution in [2.45, 2.75) is 20.0 Å². The maximum Gasteiger partial charge on any atom is 0.358 e. The van der Waals surface area contributed by atoms with E-state index in [1.807, 2.05) is 0 Å². The molecule has 1 atom stereocenters. The summed E-state index contributed by atoms with van der Waals surface area (Å²) in [6.07, 6.45) is -0.554. The van der Waals surface area contributed by atoms with Gasteiger partial charge in [0.05, 0.1) is 11.5 Å². The van der Waals surface area contributed by atoms with E-state index in [1.54, 1.807) is 31.2 Å². The van der Waals surface area contributed by atoms with Crippen LogP contribution < -0.4 is 0 Å². The van der Waals surface area contributed by atoms with E-state index >= 15 is 0 Å². The molecule has 0 fully saturated rings. The van der Waals surface area contributed by atoms with E-state index in [1.165, 1.54) is 0 Å². The van der Waals surface area contributed by atoms with E-state index in [4.69, 9.17) is 9.47 Å². The Kier molecular flexibility index (Phi) is 6.71. The lowest BCUT2D eigenvalue weighted by atomic mass is 10.1. The minimum Gasteiger partial charge on any atom is -0.463 e. The van der Waals surface area contributed by atoms with Crippen molar-refractivity contribution in [1.29, 1.82) is 0 Å². The Morgan fingerprint density at radius 2 is 2.14 bits per heavy atom. The van der Waals surface area contributed by atoms with Gasteiger partial charge in [-0.1, -0.05) is 28.1 Å². The quantitative estimate of drug-likeness (QED) is 0.433. The van der Waals surface area contributed by atoms with Crippen LogP contribution in [0.2, 0.25) is 0 Å². The Morgan fingerprint density at radius 3 is 2.64 bits per heavy atom. The molecule has 1 aromatic carbocycles. The molecule has 0 N–H and O–H groups in total. The molecule has 1 aromatic rings. The molecular formula is C14H14BrNO6. The number of nitrogens with zero attached hydrogens (tertiary/aromatic N) is 1. The van der Waals surface area contributed by atoms with Gasteiger partial charge in [-0.15, -0.1) is 0 Å². The van der Waals surface area contributed by atoms with Gasteiger partial charge in [0.25, 0.3) is 11.8 Å². The van der Waals surface area contributed by atoms with Crippen molar-refractivity contribution in [3.8, 4) is 0 Å². The van der Waals surface area contributed by atoms with Gasteiger partial charge in [-0.3, -0.25) is 14.9 Å². The Morgan fingerprint density at radius 1 is 1.45 bits per heavy atom. The van der Waals surface area contributed by atoms with Crippen LogP contribution in [0.15, 0.2) is 34.4 Å². The van der Waals surface area contributed by atoms with E-state index in [9.17, 15) is 19.7 Å². The van der Waals surface area contributed by atoms with Crippen LogP contribution >= 0.6 is 15.9 Å². The molecule has 0 amide bonds. The summed E-state index contributed by atoms with van der Waals surface area (Å²) in [7, 11) is 0. The van der Waals surface area contributed by atoms with Gasteiger partial charge < -0.3 is 9.47 Å². The zero-order chi connectivity index (χ0) is 16.7. The smallest absolute Gasteiger partial charge is 0.358 e. The fourth-order valence-electron chi connectivity index (χ4n) is 1.60. The molecule has 0 aliphatic carbocycles. The Balaban J connectivity index is 3.25. The molecule has 22 heavy (non-hydrogen) atoms. The number of halogens is 1. The highest BCUT2D eigenvalue weighted by molar-refractivity contribution is 9.10. The summed E-state index contributed by atoms with van der Waals surface area (Å²) in [6.45, 7) is 2.62. The third kappa shape index (κ3) is 5.28. The first-order valence-electron chi connectivity index (χ1n) is 6.30. The lowest BCUT2D eigenvalue weighted by Crippen LogP contribution is -2.33. The highest BCUT2D eigenvalue weighted by atomic mass is 79.9. The zero-order valence-electron chi connectivity index (χ0n) is 11.9. The second-order valence-electron chi connectivity index (χ2n) is 4.12. The largest absolute Gasteiger partial charge is 0.463 e. The SMILES string of the molecule is CCOC(=O)[C@H](OC(C)=O)/C(=C\c1cccc(Br)c1)[N+](=O)[O-]. The summed E-state index contributed by atoms with van der Waals surface area (Å²) in [5.41, 5.74) is -0.103. The van der Waals surface area contributed by atoms with E-state index in [-0.39, 0.29) is 6.61 Å². The first-order valence-corrected chi connectivity index (χ1v) is 7.09. The topological polar surface area (TPSA) is 95.7 Å². The maximum atomic E-state index is 11.8. The van der Waals surface area contributed by atoms with Crippen LogP contribution in [-0.2, 0) is 19.1 Å². The fourth-order valence-corrected chi connectivity index (χ4v) is 2.02. The highest BCUT2D eigenvalue weighted by Crippen LogP contribution is 2.18. The van der Waals surface area contributed by atoms with Crippen LogP contribution in [-0.4, -0.2) is 29.6 Å². The molecule has 0 aliphatic rings. The summed E-state index contributed by atoms with van der Waals surface area (Å²) in [5, 5.41) is 11.2. The lowest BCUT2D eigenvalue weighted by molar-refractivity contribution is -0.432. The van der Waals surface area contributed by atoms with Gasteiger partial charge in [0.2, 0.25) is 0 Å². The second kappa shape index (κ2) is 8.28. The summed E-state index contributed by atoms with van der Waals surface area (Å²) in [4.78, 5) is 33.4. The van der Waals surface area contributed by atoms with Crippen molar-refractivity contribution >= 4 is 33.9 Å². The molecule has 0 unspecified atom stereocenters. The van der Waals surface area contributed by atoms with Gasteiger partial charge in [-0.2, -0.15) is 0 Å². The van der Waals surface area contributed by atoms with Crippen LogP contribution in [0.1, 0.15) is 19.4 Å². The molecule has 8 heteroatoms. The van der Waals surface area contributed by atoms with Crippen LogP contribution in [0.4, 0.5) is 0 Å². The molecular weight excluding hydrogens is 358 g/mol. The van der Waals surface area contributed by atoms with Gasteiger partial charge in [0.1, 0.15) is 0 Å². The number of nitro groups is 1. The van der Waals surface area contributed by atoms with Crippen LogP contribution in [0.25, 0.3) is 6.08 Å². The number of hydrogen-bond acceptors (Lipinski definition) is 6. The van der Waals surface area contributed by atoms with E-state index in [0.29, 0.717) is 10.0 Å². The number of carbonyl (C=O) groups excluding carboxylic acids is 2. The van der Waals surface area contributed by atoms with Gasteiger partial charge in [0.15, 0.2) is 0 Å². The van der Waals surface area contributed by atoms with Crippen molar-refractivity contribution < 1.29 is 24.0 Å². The van der Waals surface area contributed by atoms with Gasteiger partial charge >= 0.3 is 11.9 Å². The van der Waals surface area contributed by atoms with Crippen molar-refractivity contribution in [3.05, 3.63) is 50.1 Å². The van der Waals surface area contributed by atoms with E-state index in [0.717, 1.165) is 13.0 Å². The normalized spacial score (nSPS) is 12.4. The number of esters is 2. The van der Waals surface area contributed by atoms with Crippen LogP contribution in [0.5, 0.6) is 0 Å². The Bertz CT molecular complexity index is 613. The van der Waals surface area contributed by atoms with Gasteiger partial charge in [0, 0.05) is 17.5 Å². The minimum absolute atomic E-state index is 0.0124. The summed E-state index contributed by atoms with van der Waals surface area (Å²) < 4.78 is 10.2. The number of rotatable bonds is 6. The molecule has 0 saturated heterocycles. The molecule has 0 aromatic heterocycles. The molecule has 0 saturated carbocycles. The summed E-state index contributed by atoms with van der Waals surface area (Å²) in [5.74, 6) is -1.81. The Labute approximate surface area is 135 Å². The standard InChI is InChI=1S/C14H14BrNO6/c1-3-21-14(18)13(22-9(2)17)12(16(19)20)8-10-5-4-6-11(15)7-10/h4-8,13H,3H2,1-2H3/b12-8+/t13-/m1/s1. The molecule has 0 heterocycles. The van der Waals surface area contributed by atoms with Crippen molar-refractivity contribution in [2.75, 3.05) is 6.61 Å². The average molecular weight is 372 g/mol. The molecule has 0 aliphatic heterocycles. The van der Waals surface area contributed by atoms with Gasteiger partial charge in [-0.25, -0.2) is 4.79 Å². The number of ether oxygens (including phenoxy) is 2. The first-order chi connectivity index (χ1) is 10.3. The van der Waals surface area contributed by atoms with Crippen molar-refractivity contribution in [2.24, 2.45) is 0 Å². The minimum atomic E-state index is -1.72. The predicted molar refractivity (Wildman–Crippen MR) is 81.3 cm³/mol. The van der Waals surface area contributed by atoms with E-state index in [2.05, 4.69) is 15.9 Å². The number of carbonyl (C=O) groups is 2. The average Bonchev–Trinajstić information content (AvgIpc) is 2.42. The van der Waals surface area contributed by atoms with Crippen molar-refractivity contribution in [3.63, 3.8) is 0 Å². The molecule has 0 bridgehead atoms. The molecule has 118 valence electrons. The van der Waals surface area contributed by atoms with Gasteiger partial charge in [-0.05, 0) is 24.6 Å². The first kappa shape index (κ1) is 17.8. The number of hydrogen-bond donors (Lipinski definition) is 0. The molecule has 0 radical (unpaired) electrons. The fraction of sp³-hybridized carbons (Fsp3) is 0.286. The lowest BCUT2D eigenvalue weighted by Gasteiger charge is -2.13. The third-order valence-electron chi connectivity index (χ3n) is 2.43. The predicted octanol–water partition coefficient (Wildman–Crippen LogP) is 2.56. The molecule has 0 spiro atoms. The zero-order valence-corrected chi connectivity index (χ0v) is 13.5.